The molecule has 0 unspecified atom stereocenters. The van der Waals surface area contributed by atoms with Crippen LogP contribution in [0.3, 0.4) is 0 Å². The molecule has 0 aromatic heterocycles. The van der Waals surface area contributed by atoms with Gasteiger partial charge in [0.05, 0.1) is 0 Å². The van der Waals surface area contributed by atoms with E-state index in [4.69, 9.17) is 0 Å². The van der Waals surface area contributed by atoms with Gasteiger partial charge in [-0.15, -0.1) is 0 Å². The third-order valence-electron chi connectivity index (χ3n) is 4.10. The lowest BCUT2D eigenvalue weighted by Gasteiger charge is -2.07. The van der Waals surface area contributed by atoms with Crippen LogP contribution < -0.4 is 0 Å². The molecular formula is C28H33IO. The van der Waals surface area contributed by atoms with Crippen molar-refractivity contribution in [1.82, 2.24) is 0 Å². The lowest BCUT2D eigenvalue weighted by Crippen LogP contribution is -1.96. The van der Waals surface area contributed by atoms with Crippen molar-refractivity contribution in [3.05, 3.63) is 88.0 Å². The Morgan fingerprint density at radius 3 is 2.03 bits per heavy atom. The second-order valence-corrected chi connectivity index (χ2v) is 7.67. The first kappa shape index (κ1) is 25.7. The standard InChI is InChI=1S/C22H15IO.3C2H6/c24-22(18-7-5-13-23-15-18)12-11-17-14-16-6-1-2-8-19(16)21-10-4-3-9-20(17)21;3*1-2/h1-15H;3*1-2H3/b12-11+;;;. The van der Waals surface area contributed by atoms with Gasteiger partial charge >= 0.3 is 0 Å². The smallest absolute Gasteiger partial charge is 0.186 e. The van der Waals surface area contributed by atoms with E-state index in [0.29, 0.717) is 0 Å². The molecule has 0 aliphatic carbocycles. The lowest BCUT2D eigenvalue weighted by molar-refractivity contribution is -0.111. The summed E-state index contributed by atoms with van der Waals surface area (Å²) in [5.41, 5.74) is 1.89. The zero-order valence-electron chi connectivity index (χ0n) is 18.9. The van der Waals surface area contributed by atoms with Gasteiger partial charge < -0.3 is 0 Å². The Bertz CT molecular complexity index is 1070. The number of halogens is 1. The highest BCUT2D eigenvalue weighted by Gasteiger charge is 2.06. The third-order valence-corrected chi connectivity index (χ3v) is 5.96. The summed E-state index contributed by atoms with van der Waals surface area (Å²) in [5, 5.41) is 4.84. The van der Waals surface area contributed by atoms with Gasteiger partial charge in [-0.3, -0.25) is 4.79 Å². The summed E-state index contributed by atoms with van der Waals surface area (Å²) in [7, 11) is 0. The van der Waals surface area contributed by atoms with Gasteiger partial charge in [-0.1, -0.05) is 129 Å². The number of hydrogen-bond acceptors (Lipinski definition) is 1. The van der Waals surface area contributed by atoms with Crippen LogP contribution in [0.4, 0.5) is 0 Å². The molecule has 0 bridgehead atoms. The SMILES string of the molecule is CC.CC.CC.O=C(/C=C/c1cc2ccccc2c2ccccc12)C1=CI=CC=C1. The van der Waals surface area contributed by atoms with Crippen molar-refractivity contribution in [3.63, 3.8) is 0 Å². The molecule has 1 heterocycles. The summed E-state index contributed by atoms with van der Waals surface area (Å²) in [5.74, 6) is 0.0799. The first-order valence-electron chi connectivity index (χ1n) is 10.8. The van der Waals surface area contributed by atoms with Gasteiger partial charge in [-0.2, -0.15) is 0 Å². The van der Waals surface area contributed by atoms with E-state index in [1.54, 1.807) is 6.08 Å². The minimum Gasteiger partial charge on any atom is -0.289 e. The molecule has 0 saturated carbocycles. The van der Waals surface area contributed by atoms with E-state index in [1.165, 1.54) is 21.5 Å². The Hall–Kier alpha value is -2.33. The number of benzene rings is 3. The molecule has 0 spiro atoms. The maximum Gasteiger partial charge on any atom is 0.186 e. The van der Waals surface area contributed by atoms with E-state index < -0.39 is 0 Å². The summed E-state index contributed by atoms with van der Waals surface area (Å²) in [6.45, 7) is 12.0. The fraction of sp³-hybridized carbons (Fsp3) is 0.214. The molecular weight excluding hydrogens is 479 g/mol. The summed E-state index contributed by atoms with van der Waals surface area (Å²) >= 11 is -0.107. The van der Waals surface area contributed by atoms with Crippen molar-refractivity contribution < 1.29 is 4.79 Å². The zero-order chi connectivity index (χ0) is 22.4. The fourth-order valence-electron chi connectivity index (χ4n) is 2.94. The third kappa shape index (κ3) is 6.60. The maximum atomic E-state index is 12.4. The molecule has 2 heteroatoms. The van der Waals surface area contributed by atoms with Crippen LogP contribution in [0.1, 0.15) is 47.1 Å². The van der Waals surface area contributed by atoms with E-state index >= 15 is 0 Å². The minimum absolute atomic E-state index is 0.0799. The fourth-order valence-corrected chi connectivity index (χ4v) is 4.50. The number of carbonyl (C=O) groups is 1. The van der Waals surface area contributed by atoms with Crippen LogP contribution in [0.15, 0.2) is 82.5 Å². The number of rotatable bonds is 3. The van der Waals surface area contributed by atoms with Crippen molar-refractivity contribution in [2.75, 3.05) is 0 Å². The highest BCUT2D eigenvalue weighted by Crippen LogP contribution is 2.29. The topological polar surface area (TPSA) is 17.1 Å². The van der Waals surface area contributed by atoms with E-state index in [1.807, 2.05) is 71.9 Å². The first-order valence-corrected chi connectivity index (χ1v) is 13.3. The molecule has 3 aromatic carbocycles. The Morgan fingerprint density at radius 2 is 1.40 bits per heavy atom. The predicted molar refractivity (Wildman–Crippen MR) is 147 cm³/mol. The highest BCUT2D eigenvalue weighted by molar-refractivity contribution is 14.2. The summed E-state index contributed by atoms with van der Waals surface area (Å²) in [6, 6.07) is 18.9. The van der Waals surface area contributed by atoms with Gasteiger partial charge in [0.1, 0.15) is 0 Å². The van der Waals surface area contributed by atoms with E-state index in [0.717, 1.165) is 11.1 Å². The minimum atomic E-state index is -0.107. The zero-order valence-corrected chi connectivity index (χ0v) is 21.1. The van der Waals surface area contributed by atoms with Crippen LogP contribution in [0.25, 0.3) is 27.6 Å². The molecule has 0 amide bonds. The summed E-state index contributed by atoms with van der Waals surface area (Å²) in [6.07, 6.45) is 7.53. The molecule has 0 radical (unpaired) electrons. The average Bonchev–Trinajstić information content (AvgIpc) is 2.86. The van der Waals surface area contributed by atoms with Crippen molar-refractivity contribution in [2.24, 2.45) is 0 Å². The van der Waals surface area contributed by atoms with Crippen molar-refractivity contribution in [2.45, 2.75) is 41.5 Å². The van der Waals surface area contributed by atoms with Gasteiger partial charge in [0.2, 0.25) is 0 Å². The van der Waals surface area contributed by atoms with Gasteiger partial charge in [-0.05, 0) is 47.3 Å². The Kier molecular flexibility index (Phi) is 12.5. The molecule has 0 atom stereocenters. The molecule has 4 rings (SSSR count). The Balaban J connectivity index is 0.000000691. The highest BCUT2D eigenvalue weighted by atomic mass is 127. The predicted octanol–water partition coefficient (Wildman–Crippen LogP) is 8.88. The molecule has 3 aromatic rings. The molecule has 158 valence electrons. The molecule has 1 aliphatic heterocycles. The molecule has 0 N–H and O–H groups in total. The molecule has 1 aliphatic rings. The van der Waals surface area contributed by atoms with E-state index in [-0.39, 0.29) is 26.5 Å². The molecule has 0 fully saturated rings. The van der Waals surface area contributed by atoms with Crippen molar-refractivity contribution in [1.29, 1.82) is 0 Å². The number of carbonyl (C=O) groups excluding carboxylic acids is 1. The largest absolute Gasteiger partial charge is 0.289 e. The summed E-state index contributed by atoms with van der Waals surface area (Å²) in [4.78, 5) is 12.4. The van der Waals surface area contributed by atoms with Gasteiger partial charge in [-0.25, -0.2) is 0 Å². The van der Waals surface area contributed by atoms with E-state index in [9.17, 15) is 4.79 Å². The van der Waals surface area contributed by atoms with E-state index in [2.05, 4.69) is 50.6 Å². The van der Waals surface area contributed by atoms with Gasteiger partial charge in [0.25, 0.3) is 0 Å². The van der Waals surface area contributed by atoms with Crippen LogP contribution in [0.5, 0.6) is 0 Å². The average molecular weight is 512 g/mol. The molecule has 30 heavy (non-hydrogen) atoms. The maximum absolute atomic E-state index is 12.4. The second-order valence-electron chi connectivity index (χ2n) is 5.61. The number of ketones is 1. The Morgan fingerprint density at radius 1 is 0.800 bits per heavy atom. The second kappa shape index (κ2) is 14.6. The van der Waals surface area contributed by atoms with Crippen molar-refractivity contribution >= 4 is 58.1 Å². The molecule has 1 nitrogen and oxygen atoms in total. The lowest BCUT2D eigenvalue weighted by atomic mass is 9.96. The van der Waals surface area contributed by atoms with Crippen LogP contribution in [0.2, 0.25) is 0 Å². The normalized spacial score (nSPS) is 11.9. The van der Waals surface area contributed by atoms with Crippen LogP contribution in [-0.4, -0.2) is 9.79 Å². The quantitative estimate of drug-likeness (QED) is 0.195. The number of fused-ring (bicyclic) bond motifs is 3. The van der Waals surface area contributed by atoms with Gasteiger partial charge in [0.15, 0.2) is 5.78 Å². The number of allylic oxidation sites excluding steroid dienone is 4. The molecule has 0 saturated heterocycles. The van der Waals surface area contributed by atoms with Crippen molar-refractivity contribution in [3.8, 4) is 0 Å². The first-order chi connectivity index (χ1) is 14.8. The van der Waals surface area contributed by atoms with Crippen LogP contribution in [0, 0.1) is 0 Å². The van der Waals surface area contributed by atoms with Gasteiger partial charge in [0, 0.05) is 5.57 Å². The monoisotopic (exact) mass is 512 g/mol. The Labute approximate surface area is 192 Å². The number of hydrogen-bond donors (Lipinski definition) is 0. The van der Waals surface area contributed by atoms with Crippen LogP contribution in [-0.2, 0) is 4.79 Å². The van der Waals surface area contributed by atoms with Crippen LogP contribution >= 0.6 is 20.7 Å². The summed E-state index contributed by atoms with van der Waals surface area (Å²) < 4.78 is 4.22.